The number of hydrogen-bond acceptors (Lipinski definition) is 2. The van der Waals surface area contributed by atoms with Gasteiger partial charge in [0.15, 0.2) is 5.78 Å². The fraction of sp³-hybridized carbons (Fsp3) is 0.611. The van der Waals surface area contributed by atoms with Crippen LogP contribution in [0.15, 0.2) is 22.7 Å². The SMILES string of the molecule is CCC1CC2(Cc3ccc(Br)cc3C2=O)CC(C)C1OC. The average molecular weight is 351 g/mol. The maximum atomic E-state index is 13.1. The molecule has 1 aromatic rings. The van der Waals surface area contributed by atoms with Crippen molar-refractivity contribution in [3.8, 4) is 0 Å². The van der Waals surface area contributed by atoms with Crippen molar-refractivity contribution in [1.29, 1.82) is 0 Å². The Bertz CT molecular complexity index is 568. The third kappa shape index (κ3) is 2.39. The molecule has 4 unspecified atom stereocenters. The molecule has 0 aromatic heterocycles. The van der Waals surface area contributed by atoms with E-state index in [1.165, 1.54) is 5.56 Å². The summed E-state index contributed by atoms with van der Waals surface area (Å²) in [5.41, 5.74) is 1.97. The van der Waals surface area contributed by atoms with Gasteiger partial charge < -0.3 is 4.74 Å². The number of carbonyl (C=O) groups is 1. The summed E-state index contributed by atoms with van der Waals surface area (Å²) in [6, 6.07) is 6.16. The summed E-state index contributed by atoms with van der Waals surface area (Å²) in [5.74, 6) is 1.29. The van der Waals surface area contributed by atoms with Crippen molar-refractivity contribution in [3.63, 3.8) is 0 Å². The van der Waals surface area contributed by atoms with Gasteiger partial charge in [0.05, 0.1) is 6.10 Å². The van der Waals surface area contributed by atoms with Crippen LogP contribution in [0.3, 0.4) is 0 Å². The Hall–Kier alpha value is -0.670. The highest BCUT2D eigenvalue weighted by Crippen LogP contribution is 2.52. The standard InChI is InChI=1S/C18H23BrO2/c1-4-12-9-18(8-11(2)16(12)21-3)10-13-5-6-14(19)7-15(13)17(18)20/h5-7,11-12,16H,4,8-10H2,1-3H3. The lowest BCUT2D eigenvalue weighted by atomic mass is 9.62. The minimum absolute atomic E-state index is 0.182. The van der Waals surface area contributed by atoms with Gasteiger partial charge >= 0.3 is 0 Å². The van der Waals surface area contributed by atoms with E-state index >= 15 is 0 Å². The summed E-state index contributed by atoms with van der Waals surface area (Å²) in [4.78, 5) is 13.1. The molecular formula is C18H23BrO2. The zero-order valence-corrected chi connectivity index (χ0v) is 14.6. The van der Waals surface area contributed by atoms with Gasteiger partial charge in [-0.3, -0.25) is 4.79 Å². The molecule has 0 bridgehead atoms. The van der Waals surface area contributed by atoms with Gasteiger partial charge in [-0.25, -0.2) is 0 Å². The summed E-state index contributed by atoms with van der Waals surface area (Å²) < 4.78 is 6.72. The first-order valence-electron chi connectivity index (χ1n) is 7.87. The van der Waals surface area contributed by atoms with E-state index in [1.807, 2.05) is 19.2 Å². The van der Waals surface area contributed by atoms with E-state index in [-0.39, 0.29) is 5.41 Å². The number of halogens is 1. The summed E-state index contributed by atoms with van der Waals surface area (Å²) in [7, 11) is 1.81. The van der Waals surface area contributed by atoms with Crippen molar-refractivity contribution in [3.05, 3.63) is 33.8 Å². The first-order valence-corrected chi connectivity index (χ1v) is 8.66. The number of methoxy groups -OCH3 is 1. The normalized spacial score (nSPS) is 35.2. The van der Waals surface area contributed by atoms with Crippen LogP contribution in [0.5, 0.6) is 0 Å². The average Bonchev–Trinajstić information content (AvgIpc) is 2.71. The Balaban J connectivity index is 1.95. The molecule has 2 aliphatic carbocycles. The fourth-order valence-corrected chi connectivity index (χ4v) is 5.04. The number of rotatable bonds is 2. The van der Waals surface area contributed by atoms with Crippen LogP contribution in [0.2, 0.25) is 0 Å². The molecule has 4 atom stereocenters. The molecule has 0 amide bonds. The number of benzene rings is 1. The number of carbonyl (C=O) groups excluding carboxylic acids is 1. The van der Waals surface area contributed by atoms with Crippen molar-refractivity contribution < 1.29 is 9.53 Å². The van der Waals surface area contributed by atoms with Crippen LogP contribution in [-0.2, 0) is 11.2 Å². The Morgan fingerprint density at radius 3 is 2.81 bits per heavy atom. The maximum Gasteiger partial charge on any atom is 0.169 e. The smallest absolute Gasteiger partial charge is 0.169 e. The molecule has 0 aliphatic heterocycles. The van der Waals surface area contributed by atoms with E-state index in [1.54, 1.807) is 0 Å². The molecule has 0 saturated heterocycles. The number of Topliss-reactive ketones (excluding diaryl/α,β-unsaturated/α-hetero) is 1. The van der Waals surface area contributed by atoms with Crippen LogP contribution >= 0.6 is 15.9 Å². The largest absolute Gasteiger partial charge is 0.381 e. The van der Waals surface area contributed by atoms with E-state index in [2.05, 4.69) is 35.8 Å². The highest BCUT2D eigenvalue weighted by atomic mass is 79.9. The van der Waals surface area contributed by atoms with Gasteiger partial charge in [0.2, 0.25) is 0 Å². The van der Waals surface area contributed by atoms with Crippen LogP contribution in [0, 0.1) is 17.3 Å². The molecule has 2 nitrogen and oxygen atoms in total. The molecule has 114 valence electrons. The van der Waals surface area contributed by atoms with Crippen molar-refractivity contribution in [2.24, 2.45) is 17.3 Å². The fourth-order valence-electron chi connectivity index (χ4n) is 4.67. The predicted octanol–water partition coefficient (Wildman–Crippen LogP) is 4.65. The molecule has 1 saturated carbocycles. The first-order chi connectivity index (χ1) is 10.0. The highest BCUT2D eigenvalue weighted by molar-refractivity contribution is 9.10. The van der Waals surface area contributed by atoms with Gasteiger partial charge in [-0.1, -0.05) is 42.3 Å². The topological polar surface area (TPSA) is 26.3 Å². The second-order valence-corrected chi connectivity index (χ2v) is 7.76. The van der Waals surface area contributed by atoms with Crippen molar-refractivity contribution in [2.45, 2.75) is 45.6 Å². The predicted molar refractivity (Wildman–Crippen MR) is 87.6 cm³/mol. The van der Waals surface area contributed by atoms with Gasteiger partial charge in [-0.2, -0.15) is 0 Å². The molecular weight excluding hydrogens is 328 g/mol. The van der Waals surface area contributed by atoms with Crippen molar-refractivity contribution >= 4 is 21.7 Å². The molecule has 3 heteroatoms. The lowest BCUT2D eigenvalue weighted by molar-refractivity contribution is -0.0497. The maximum absolute atomic E-state index is 13.1. The highest BCUT2D eigenvalue weighted by Gasteiger charge is 2.52. The van der Waals surface area contributed by atoms with Crippen LogP contribution in [-0.4, -0.2) is 19.0 Å². The molecule has 2 aliphatic rings. The van der Waals surface area contributed by atoms with E-state index < -0.39 is 0 Å². The molecule has 1 aromatic carbocycles. The van der Waals surface area contributed by atoms with Gasteiger partial charge in [-0.05, 0) is 48.8 Å². The molecule has 1 fully saturated rings. The van der Waals surface area contributed by atoms with Crippen LogP contribution < -0.4 is 0 Å². The minimum atomic E-state index is -0.182. The quantitative estimate of drug-likeness (QED) is 0.776. The van der Waals surface area contributed by atoms with Crippen molar-refractivity contribution in [2.75, 3.05) is 7.11 Å². The minimum Gasteiger partial charge on any atom is -0.381 e. The third-order valence-corrected chi connectivity index (χ3v) is 6.01. The van der Waals surface area contributed by atoms with Crippen LogP contribution in [0.4, 0.5) is 0 Å². The second kappa shape index (κ2) is 5.51. The number of hydrogen-bond donors (Lipinski definition) is 0. The van der Waals surface area contributed by atoms with Crippen LogP contribution in [0.25, 0.3) is 0 Å². The molecule has 0 N–H and O–H groups in total. The van der Waals surface area contributed by atoms with Gasteiger partial charge in [-0.15, -0.1) is 0 Å². The Morgan fingerprint density at radius 1 is 1.38 bits per heavy atom. The first kappa shape index (κ1) is 15.2. The van der Waals surface area contributed by atoms with Gasteiger partial charge in [0.25, 0.3) is 0 Å². The Labute approximate surface area is 135 Å². The molecule has 21 heavy (non-hydrogen) atoms. The summed E-state index contributed by atoms with van der Waals surface area (Å²) in [6.45, 7) is 4.45. The molecule has 1 spiro atoms. The van der Waals surface area contributed by atoms with E-state index in [9.17, 15) is 4.79 Å². The summed E-state index contributed by atoms with van der Waals surface area (Å²) in [5, 5.41) is 0. The monoisotopic (exact) mass is 350 g/mol. The summed E-state index contributed by atoms with van der Waals surface area (Å²) >= 11 is 3.49. The Morgan fingerprint density at radius 2 is 2.14 bits per heavy atom. The van der Waals surface area contributed by atoms with Gasteiger partial charge in [0.1, 0.15) is 0 Å². The summed E-state index contributed by atoms with van der Waals surface area (Å²) in [6.07, 6.45) is 4.21. The lowest BCUT2D eigenvalue weighted by Gasteiger charge is -2.44. The molecule has 0 heterocycles. The van der Waals surface area contributed by atoms with E-state index in [4.69, 9.17) is 4.74 Å². The van der Waals surface area contributed by atoms with Crippen molar-refractivity contribution in [1.82, 2.24) is 0 Å². The molecule has 0 radical (unpaired) electrons. The zero-order chi connectivity index (χ0) is 15.2. The second-order valence-electron chi connectivity index (χ2n) is 6.84. The number of ether oxygens (including phenoxy) is 1. The zero-order valence-electron chi connectivity index (χ0n) is 13.0. The lowest BCUT2D eigenvalue weighted by Crippen LogP contribution is -2.45. The Kier molecular flexibility index (Phi) is 4.00. The van der Waals surface area contributed by atoms with E-state index in [0.717, 1.165) is 35.7 Å². The number of ketones is 1. The number of fused-ring (bicyclic) bond motifs is 1. The van der Waals surface area contributed by atoms with Crippen LogP contribution in [0.1, 0.15) is 49.0 Å². The van der Waals surface area contributed by atoms with E-state index in [0.29, 0.717) is 23.7 Å². The molecule has 3 rings (SSSR count). The van der Waals surface area contributed by atoms with Gasteiger partial charge in [0, 0.05) is 22.6 Å². The third-order valence-electron chi connectivity index (χ3n) is 5.51.